The lowest BCUT2D eigenvalue weighted by atomic mass is 10.0. The molecule has 0 amide bonds. The van der Waals surface area contributed by atoms with Gasteiger partial charge in [0.25, 0.3) is 0 Å². The average Bonchev–Trinajstić information content (AvgIpc) is 3.36. The first-order valence-corrected chi connectivity index (χ1v) is 12.1. The monoisotopic (exact) mass is 479 g/mol. The molecule has 176 valence electrons. The summed E-state index contributed by atoms with van der Waals surface area (Å²) in [5.74, 6) is 1.47. The van der Waals surface area contributed by atoms with E-state index in [0.29, 0.717) is 11.3 Å². The summed E-state index contributed by atoms with van der Waals surface area (Å²) >= 11 is 0. The van der Waals surface area contributed by atoms with Gasteiger partial charge in [-0.15, -0.1) is 0 Å². The van der Waals surface area contributed by atoms with Crippen molar-refractivity contribution in [3.8, 4) is 22.8 Å². The number of pyridine rings is 1. The zero-order chi connectivity index (χ0) is 24.8. The number of hydrogen-bond donors (Lipinski definition) is 0. The van der Waals surface area contributed by atoms with Crippen LogP contribution in [0.3, 0.4) is 0 Å². The molecule has 5 nitrogen and oxygen atoms in total. The number of aromatic nitrogens is 2. The fourth-order valence-corrected chi connectivity index (χ4v) is 4.91. The molecule has 7 rings (SSSR count). The van der Waals surface area contributed by atoms with Gasteiger partial charge in [0, 0.05) is 23.0 Å². The Kier molecular flexibility index (Phi) is 4.86. The first-order chi connectivity index (χ1) is 18.3. The number of nitrogens with zero attached hydrogens (tertiary/aromatic N) is 3. The highest BCUT2D eigenvalue weighted by Crippen LogP contribution is 2.49. The van der Waals surface area contributed by atoms with Crippen molar-refractivity contribution >= 4 is 28.5 Å². The number of carbonyl (C=O) groups excluding carboxylic acids is 1. The summed E-state index contributed by atoms with van der Waals surface area (Å²) < 4.78 is 8.10. The summed E-state index contributed by atoms with van der Waals surface area (Å²) in [7, 11) is 0. The van der Waals surface area contributed by atoms with Crippen LogP contribution in [0.4, 0.5) is 17.1 Å². The lowest BCUT2D eigenvalue weighted by Crippen LogP contribution is -2.22. The molecule has 1 aliphatic heterocycles. The van der Waals surface area contributed by atoms with Crippen LogP contribution in [0.25, 0.3) is 16.9 Å². The molecule has 6 aromatic rings. The number of imidazole rings is 1. The molecule has 0 aliphatic carbocycles. The van der Waals surface area contributed by atoms with E-state index in [4.69, 9.17) is 9.72 Å². The number of hydrogen-bond acceptors (Lipinski definition) is 3. The zero-order valence-corrected chi connectivity index (χ0v) is 19.8. The molecule has 0 saturated heterocycles. The van der Waals surface area contributed by atoms with Gasteiger partial charge in [0.15, 0.2) is 11.5 Å². The first-order valence-electron chi connectivity index (χ1n) is 12.1. The van der Waals surface area contributed by atoms with Crippen LogP contribution in [0.2, 0.25) is 0 Å². The highest BCUT2D eigenvalue weighted by atomic mass is 16.5. The third-order valence-corrected chi connectivity index (χ3v) is 6.61. The minimum absolute atomic E-state index is 0.114. The lowest BCUT2D eigenvalue weighted by molar-refractivity contribution is -0.498. The average molecular weight is 480 g/mol. The zero-order valence-electron chi connectivity index (χ0n) is 19.8. The van der Waals surface area contributed by atoms with Crippen molar-refractivity contribution in [1.29, 1.82) is 0 Å². The van der Waals surface area contributed by atoms with E-state index in [1.807, 2.05) is 132 Å². The molecule has 0 fully saturated rings. The molecular weight excluding hydrogens is 458 g/mol. The van der Waals surface area contributed by atoms with Crippen LogP contribution in [0.5, 0.6) is 11.5 Å². The number of ether oxygens (including phenoxy) is 1. The van der Waals surface area contributed by atoms with Gasteiger partial charge < -0.3 is 9.64 Å². The molecule has 0 radical (unpaired) electrons. The van der Waals surface area contributed by atoms with Crippen LogP contribution in [-0.2, 0) is 0 Å². The second-order valence-electron chi connectivity index (χ2n) is 8.85. The fourth-order valence-electron chi connectivity index (χ4n) is 4.91. The molecule has 0 atom stereocenters. The van der Waals surface area contributed by atoms with Crippen molar-refractivity contribution in [1.82, 2.24) is 4.98 Å². The van der Waals surface area contributed by atoms with E-state index in [1.165, 1.54) is 0 Å². The van der Waals surface area contributed by atoms with Crippen LogP contribution in [-0.4, -0.2) is 5.78 Å². The number of benzene rings is 4. The quantitative estimate of drug-likeness (QED) is 0.204. The molecule has 4 aromatic carbocycles. The number of anilines is 3. The van der Waals surface area contributed by atoms with Gasteiger partial charge >= 0.3 is 0 Å². The summed E-state index contributed by atoms with van der Waals surface area (Å²) in [6.07, 6.45) is 1.94. The summed E-state index contributed by atoms with van der Waals surface area (Å²) in [5.41, 5.74) is 6.34. The van der Waals surface area contributed by atoms with E-state index in [9.17, 15) is 4.79 Å². The molecule has 5 heteroatoms. The van der Waals surface area contributed by atoms with Gasteiger partial charge in [-0.1, -0.05) is 60.7 Å². The molecule has 0 spiro atoms. The summed E-state index contributed by atoms with van der Waals surface area (Å²) in [4.78, 5) is 20.7. The van der Waals surface area contributed by atoms with Crippen molar-refractivity contribution in [3.05, 3.63) is 139 Å². The Balaban J connectivity index is 1.31. The number of para-hydroxylation sites is 4. The molecule has 0 unspecified atom stereocenters. The van der Waals surface area contributed by atoms with E-state index in [1.54, 1.807) is 0 Å². The second kappa shape index (κ2) is 8.50. The van der Waals surface area contributed by atoms with E-state index in [2.05, 4.69) is 4.90 Å². The van der Waals surface area contributed by atoms with Crippen molar-refractivity contribution < 1.29 is 13.9 Å². The molecule has 1 aliphatic rings. The summed E-state index contributed by atoms with van der Waals surface area (Å²) in [5, 5.41) is 0. The van der Waals surface area contributed by atoms with Crippen LogP contribution in [0, 0.1) is 0 Å². The standard InChI is InChI=1S/C32H21N3O2/c36-32(30-31(22-10-2-1-3-11-22)34-21-9-8-16-29(34)33-30)23-17-19-24(20-18-23)35-25-12-4-6-14-27(25)37-28-15-7-5-13-26(28)35/h1-21H. The van der Waals surface area contributed by atoms with Gasteiger partial charge in [0.05, 0.1) is 17.1 Å². The molecule has 0 N–H and O–H groups in total. The summed E-state index contributed by atoms with van der Waals surface area (Å²) in [6.45, 7) is 0. The van der Waals surface area contributed by atoms with E-state index in [-0.39, 0.29) is 5.78 Å². The van der Waals surface area contributed by atoms with Gasteiger partial charge in [0.2, 0.25) is 5.78 Å². The highest BCUT2D eigenvalue weighted by molar-refractivity contribution is 6.11. The van der Waals surface area contributed by atoms with Crippen molar-refractivity contribution in [2.45, 2.75) is 0 Å². The fraction of sp³-hybridized carbons (Fsp3) is 0. The number of ketones is 1. The van der Waals surface area contributed by atoms with Gasteiger partial charge in [-0.05, 0) is 60.7 Å². The number of carbonyl (C=O) groups is 1. The maximum atomic E-state index is 13.8. The van der Waals surface area contributed by atoms with Crippen molar-refractivity contribution in [2.24, 2.45) is 0 Å². The van der Waals surface area contributed by atoms with Crippen LogP contribution in [0.1, 0.15) is 16.1 Å². The van der Waals surface area contributed by atoms with Gasteiger partial charge in [-0.25, -0.2) is 4.98 Å². The van der Waals surface area contributed by atoms with Crippen LogP contribution < -0.4 is 19.0 Å². The molecule has 3 heterocycles. The SMILES string of the molecule is O=C(c1ccc(N2c3ccccc3Oc3ccccc32)cc1)c1[n-]c2cccc[n+]2c1-c1ccccc1. The third-order valence-electron chi connectivity index (χ3n) is 6.61. The van der Waals surface area contributed by atoms with Crippen LogP contribution >= 0.6 is 0 Å². The Labute approximate surface area is 213 Å². The largest absolute Gasteiger partial charge is 0.453 e. The number of rotatable bonds is 4. The van der Waals surface area contributed by atoms with E-state index < -0.39 is 0 Å². The van der Waals surface area contributed by atoms with Crippen LogP contribution in [0.15, 0.2) is 128 Å². The molecule has 2 aromatic heterocycles. The van der Waals surface area contributed by atoms with Gasteiger partial charge in [-0.2, -0.15) is 0 Å². The third kappa shape index (κ3) is 3.48. The van der Waals surface area contributed by atoms with Gasteiger partial charge in [0.1, 0.15) is 11.3 Å². The predicted octanol–water partition coefficient (Wildman–Crippen LogP) is 6.86. The smallest absolute Gasteiger partial charge is 0.213 e. The lowest BCUT2D eigenvalue weighted by Gasteiger charge is -2.32. The van der Waals surface area contributed by atoms with Crippen molar-refractivity contribution in [2.75, 3.05) is 4.90 Å². The second-order valence-corrected chi connectivity index (χ2v) is 8.85. The van der Waals surface area contributed by atoms with E-state index in [0.717, 1.165) is 45.5 Å². The first kappa shape index (κ1) is 21.1. The van der Waals surface area contributed by atoms with Crippen molar-refractivity contribution in [3.63, 3.8) is 0 Å². The topological polar surface area (TPSA) is 47.7 Å². The summed E-state index contributed by atoms with van der Waals surface area (Å²) in [6, 6.07) is 39.3. The maximum Gasteiger partial charge on any atom is 0.213 e. The predicted molar refractivity (Wildman–Crippen MR) is 143 cm³/mol. The Morgan fingerprint density at radius 1 is 0.676 bits per heavy atom. The maximum absolute atomic E-state index is 13.8. The van der Waals surface area contributed by atoms with E-state index >= 15 is 0 Å². The molecular formula is C32H21N3O2. The molecule has 37 heavy (non-hydrogen) atoms. The van der Waals surface area contributed by atoms with Gasteiger partial charge in [-0.3, -0.25) is 9.20 Å². The molecule has 0 saturated carbocycles. The Morgan fingerprint density at radius 2 is 1.30 bits per heavy atom. The Morgan fingerprint density at radius 3 is 2.00 bits per heavy atom. The Hall–Kier alpha value is -5.16. The normalized spacial score (nSPS) is 12.1. The highest BCUT2D eigenvalue weighted by Gasteiger charge is 2.26. The number of fused-ring (bicyclic) bond motifs is 3. The minimum atomic E-state index is -0.114. The molecule has 0 bridgehead atoms. The Bertz CT molecular complexity index is 1730. The minimum Gasteiger partial charge on any atom is -0.453 e.